The third-order valence-corrected chi connectivity index (χ3v) is 5.27. The zero-order valence-electron chi connectivity index (χ0n) is 18.8. The van der Waals surface area contributed by atoms with Crippen LogP contribution >= 0.6 is 0 Å². The summed E-state index contributed by atoms with van der Waals surface area (Å²) < 4.78 is 8.57. The highest BCUT2D eigenvalue weighted by Gasteiger charge is 2.15. The fraction of sp³-hybridized carbons (Fsp3) is 0.167. The van der Waals surface area contributed by atoms with Crippen molar-refractivity contribution in [2.45, 2.75) is 20.8 Å². The molecule has 2 aromatic heterocycles. The summed E-state index contributed by atoms with van der Waals surface area (Å²) in [6.45, 7) is 5.57. The van der Waals surface area contributed by atoms with Crippen molar-refractivity contribution in [3.63, 3.8) is 0 Å². The first kappa shape index (κ1) is 21.8. The molecule has 2 aromatic carbocycles. The topological polar surface area (TPSA) is 103 Å². The van der Waals surface area contributed by atoms with Gasteiger partial charge in [-0.15, -0.1) is 0 Å². The van der Waals surface area contributed by atoms with E-state index in [1.54, 1.807) is 40.5 Å². The van der Waals surface area contributed by atoms with Crippen LogP contribution in [0.2, 0.25) is 0 Å². The zero-order chi connectivity index (χ0) is 23.5. The van der Waals surface area contributed by atoms with Gasteiger partial charge in [0.25, 0.3) is 5.56 Å². The van der Waals surface area contributed by atoms with Crippen LogP contribution in [0.4, 0.5) is 10.5 Å². The average molecular weight is 444 g/mol. The first-order chi connectivity index (χ1) is 15.9. The Balaban J connectivity index is 1.59. The maximum Gasteiger partial charge on any atom is 0.339 e. The number of nitrogens with zero attached hydrogens (tertiary/aromatic N) is 4. The molecule has 2 amide bonds. The molecular formula is C24H24N6O3. The molecule has 33 heavy (non-hydrogen) atoms. The van der Waals surface area contributed by atoms with Crippen molar-refractivity contribution in [2.24, 2.45) is 5.10 Å². The minimum Gasteiger partial charge on any atom is -0.495 e. The molecular weight excluding hydrogens is 420 g/mol. The highest BCUT2D eigenvalue weighted by Crippen LogP contribution is 2.22. The number of hydrogen-bond donors (Lipinski definition) is 2. The molecule has 9 heteroatoms. The Morgan fingerprint density at radius 1 is 1.06 bits per heavy atom. The predicted octanol–water partition coefficient (Wildman–Crippen LogP) is 3.60. The van der Waals surface area contributed by atoms with Crippen LogP contribution < -0.4 is 21.0 Å². The molecule has 0 spiro atoms. The minimum atomic E-state index is -0.504. The number of rotatable bonds is 5. The van der Waals surface area contributed by atoms with Gasteiger partial charge >= 0.3 is 6.03 Å². The van der Waals surface area contributed by atoms with E-state index >= 15 is 0 Å². The summed E-state index contributed by atoms with van der Waals surface area (Å²) >= 11 is 0. The molecule has 4 rings (SSSR count). The lowest BCUT2D eigenvalue weighted by Gasteiger charge is -2.16. The quantitative estimate of drug-likeness (QED) is 0.363. The summed E-state index contributed by atoms with van der Waals surface area (Å²) in [5.41, 5.74) is 5.85. The second-order valence-electron chi connectivity index (χ2n) is 7.46. The molecule has 168 valence electrons. The summed E-state index contributed by atoms with van der Waals surface area (Å²) in [6.07, 6.45) is 1.54. The van der Waals surface area contributed by atoms with Gasteiger partial charge in [0.1, 0.15) is 11.6 Å². The summed E-state index contributed by atoms with van der Waals surface area (Å²) in [7, 11) is 1.53. The van der Waals surface area contributed by atoms with Crippen LogP contribution in [0.3, 0.4) is 0 Å². The van der Waals surface area contributed by atoms with Gasteiger partial charge in [-0.25, -0.2) is 15.2 Å². The van der Waals surface area contributed by atoms with Crippen molar-refractivity contribution in [1.29, 1.82) is 0 Å². The number of ether oxygens (including phenoxy) is 1. The van der Waals surface area contributed by atoms with E-state index in [0.29, 0.717) is 28.2 Å². The number of para-hydroxylation sites is 3. The van der Waals surface area contributed by atoms with Crippen LogP contribution in [0.5, 0.6) is 5.75 Å². The Morgan fingerprint density at radius 2 is 1.79 bits per heavy atom. The normalized spacial score (nSPS) is 11.2. The number of amides is 2. The molecule has 0 atom stereocenters. The highest BCUT2D eigenvalue weighted by molar-refractivity contribution is 5.92. The van der Waals surface area contributed by atoms with Crippen LogP contribution in [0, 0.1) is 20.8 Å². The number of hydrogen-bond acceptors (Lipinski definition) is 5. The zero-order valence-corrected chi connectivity index (χ0v) is 18.8. The van der Waals surface area contributed by atoms with E-state index < -0.39 is 6.03 Å². The van der Waals surface area contributed by atoms with Crippen LogP contribution in [-0.2, 0) is 0 Å². The molecule has 0 saturated heterocycles. The van der Waals surface area contributed by atoms with Gasteiger partial charge in [-0.05, 0) is 51.1 Å². The second kappa shape index (κ2) is 8.99. The third-order valence-electron chi connectivity index (χ3n) is 5.27. The summed E-state index contributed by atoms with van der Waals surface area (Å²) in [6, 6.07) is 15.7. The molecule has 0 fully saturated rings. The molecule has 4 aromatic rings. The van der Waals surface area contributed by atoms with E-state index in [1.165, 1.54) is 13.3 Å². The Bertz CT molecular complexity index is 1430. The van der Waals surface area contributed by atoms with Gasteiger partial charge in [0.15, 0.2) is 0 Å². The van der Waals surface area contributed by atoms with E-state index in [0.717, 1.165) is 17.0 Å². The van der Waals surface area contributed by atoms with Gasteiger partial charge in [-0.2, -0.15) is 9.78 Å². The molecule has 0 aliphatic rings. The van der Waals surface area contributed by atoms with Gasteiger partial charge in [-0.3, -0.25) is 9.47 Å². The van der Waals surface area contributed by atoms with E-state index in [2.05, 4.69) is 20.8 Å². The number of benzene rings is 2. The fourth-order valence-corrected chi connectivity index (χ4v) is 3.74. The Morgan fingerprint density at radius 3 is 2.58 bits per heavy atom. The first-order valence-electron chi connectivity index (χ1n) is 10.3. The number of carbonyl (C=O) groups is 1. The minimum absolute atomic E-state index is 0.155. The third kappa shape index (κ3) is 4.20. The van der Waals surface area contributed by atoms with Crippen LogP contribution in [0.1, 0.15) is 22.8 Å². The van der Waals surface area contributed by atoms with Crippen molar-refractivity contribution in [3.8, 4) is 5.75 Å². The van der Waals surface area contributed by atoms with Crippen LogP contribution in [0.15, 0.2) is 64.5 Å². The van der Waals surface area contributed by atoms with Gasteiger partial charge < -0.3 is 10.1 Å². The van der Waals surface area contributed by atoms with E-state index in [1.807, 2.05) is 44.2 Å². The van der Waals surface area contributed by atoms with Gasteiger partial charge in [-0.1, -0.05) is 24.3 Å². The number of nitrogens with one attached hydrogen (secondary N) is 2. The highest BCUT2D eigenvalue weighted by atomic mass is 16.5. The van der Waals surface area contributed by atoms with E-state index in [9.17, 15) is 9.59 Å². The Kier molecular flexibility index (Phi) is 5.95. The SMILES string of the molecule is COc1ccccc1NC(=O)NN=Cc1cc(C)n(-n2c(C)nc3ccccc3c2=O)c1C. The maximum absolute atomic E-state index is 13.2. The molecule has 0 aliphatic heterocycles. The number of urea groups is 1. The van der Waals surface area contributed by atoms with Crippen molar-refractivity contribution < 1.29 is 9.53 Å². The van der Waals surface area contributed by atoms with Crippen molar-refractivity contribution in [2.75, 3.05) is 12.4 Å². The number of methoxy groups -OCH3 is 1. The Labute approximate surface area is 190 Å². The number of hydrazone groups is 1. The van der Waals surface area contributed by atoms with E-state index in [4.69, 9.17) is 4.74 Å². The van der Waals surface area contributed by atoms with Crippen LogP contribution in [0.25, 0.3) is 10.9 Å². The van der Waals surface area contributed by atoms with Crippen molar-refractivity contribution in [3.05, 3.63) is 87.7 Å². The van der Waals surface area contributed by atoms with Crippen LogP contribution in [-0.4, -0.2) is 33.7 Å². The molecule has 0 unspecified atom stereocenters. The standard InChI is InChI=1S/C24H24N6O3/c1-15-13-18(14-25-28-24(32)27-21-11-7-8-12-22(21)33-4)16(2)29(15)30-17(3)26-20-10-6-5-9-19(20)23(30)31/h5-14H,1-4H3,(H2,27,28,32). The van der Waals surface area contributed by atoms with Gasteiger partial charge in [0.05, 0.1) is 29.9 Å². The number of aromatic nitrogens is 3. The lowest BCUT2D eigenvalue weighted by molar-refractivity contribution is 0.252. The van der Waals surface area contributed by atoms with Crippen molar-refractivity contribution in [1.82, 2.24) is 19.8 Å². The lowest BCUT2D eigenvalue weighted by Crippen LogP contribution is -2.31. The van der Waals surface area contributed by atoms with Gasteiger partial charge in [0, 0.05) is 17.0 Å². The largest absolute Gasteiger partial charge is 0.495 e. The lowest BCUT2D eigenvalue weighted by atomic mass is 10.2. The monoisotopic (exact) mass is 444 g/mol. The number of anilines is 1. The van der Waals surface area contributed by atoms with E-state index in [-0.39, 0.29) is 5.56 Å². The number of carbonyl (C=O) groups excluding carboxylic acids is 1. The maximum atomic E-state index is 13.2. The van der Waals surface area contributed by atoms with Crippen molar-refractivity contribution >= 4 is 28.8 Å². The Hall–Kier alpha value is -4.40. The fourth-order valence-electron chi connectivity index (χ4n) is 3.74. The predicted molar refractivity (Wildman–Crippen MR) is 128 cm³/mol. The molecule has 0 aliphatic carbocycles. The number of aryl methyl sites for hydroxylation is 2. The summed E-state index contributed by atoms with van der Waals surface area (Å²) in [5, 5.41) is 7.28. The molecule has 2 heterocycles. The molecule has 0 bridgehead atoms. The molecule has 2 N–H and O–H groups in total. The second-order valence-corrected chi connectivity index (χ2v) is 7.46. The summed E-state index contributed by atoms with van der Waals surface area (Å²) in [4.78, 5) is 30.0. The summed E-state index contributed by atoms with van der Waals surface area (Å²) in [5.74, 6) is 1.11. The van der Waals surface area contributed by atoms with Gasteiger partial charge in [0.2, 0.25) is 0 Å². The first-order valence-corrected chi connectivity index (χ1v) is 10.3. The number of fused-ring (bicyclic) bond motifs is 1. The molecule has 0 radical (unpaired) electrons. The smallest absolute Gasteiger partial charge is 0.339 e. The average Bonchev–Trinajstić information content (AvgIpc) is 3.07. The molecule has 0 saturated carbocycles. The molecule has 9 nitrogen and oxygen atoms in total.